The van der Waals surface area contributed by atoms with Crippen LogP contribution in [0.1, 0.15) is 17.3 Å². The van der Waals surface area contributed by atoms with Gasteiger partial charge in [-0.3, -0.25) is 14.4 Å². The van der Waals surface area contributed by atoms with E-state index in [1.165, 1.54) is 11.3 Å². The SMILES string of the molecule is CC[NH+](CC(=O)Nc1ccc2c(c1)OCCO2)CC(=O)Nc1sccc1C(N)=O. The molecule has 3 amide bonds. The number of hydrogen-bond donors (Lipinski definition) is 4. The molecule has 1 unspecified atom stereocenters. The molecule has 2 aromatic rings. The van der Waals surface area contributed by atoms with Crippen LogP contribution in [-0.2, 0) is 9.59 Å². The van der Waals surface area contributed by atoms with Crippen molar-refractivity contribution < 1.29 is 28.8 Å². The molecule has 5 N–H and O–H groups in total. The number of rotatable bonds is 8. The molecule has 3 rings (SSSR count). The first-order chi connectivity index (χ1) is 14.0. The van der Waals surface area contributed by atoms with E-state index in [1.54, 1.807) is 29.6 Å². The Labute approximate surface area is 171 Å². The molecule has 0 aliphatic carbocycles. The number of carbonyl (C=O) groups is 3. The van der Waals surface area contributed by atoms with Crippen molar-refractivity contribution in [3.05, 3.63) is 35.2 Å². The summed E-state index contributed by atoms with van der Waals surface area (Å²) < 4.78 is 11.0. The third kappa shape index (κ3) is 5.46. The van der Waals surface area contributed by atoms with Crippen molar-refractivity contribution in [3.63, 3.8) is 0 Å². The predicted molar refractivity (Wildman–Crippen MR) is 109 cm³/mol. The van der Waals surface area contributed by atoms with Crippen molar-refractivity contribution in [2.24, 2.45) is 5.73 Å². The van der Waals surface area contributed by atoms with Crippen LogP contribution in [0.15, 0.2) is 29.6 Å². The van der Waals surface area contributed by atoms with Gasteiger partial charge in [-0.1, -0.05) is 0 Å². The number of fused-ring (bicyclic) bond motifs is 1. The van der Waals surface area contributed by atoms with Crippen LogP contribution in [0.5, 0.6) is 11.5 Å². The molecular weight excluding hydrogens is 396 g/mol. The Bertz CT molecular complexity index is 914. The Morgan fingerprint density at radius 2 is 1.76 bits per heavy atom. The van der Waals surface area contributed by atoms with Crippen molar-refractivity contribution in [3.8, 4) is 11.5 Å². The fraction of sp³-hybridized carbons (Fsp3) is 0.316. The van der Waals surface area contributed by atoms with E-state index in [9.17, 15) is 14.4 Å². The minimum Gasteiger partial charge on any atom is -0.486 e. The minimum atomic E-state index is -0.597. The van der Waals surface area contributed by atoms with Crippen LogP contribution < -0.4 is 30.7 Å². The topological polar surface area (TPSA) is 124 Å². The van der Waals surface area contributed by atoms with Crippen LogP contribution in [0, 0.1) is 0 Å². The number of nitrogens with one attached hydrogen (secondary N) is 3. The van der Waals surface area contributed by atoms with Gasteiger partial charge in [0.25, 0.3) is 17.7 Å². The van der Waals surface area contributed by atoms with Crippen molar-refractivity contribution in [1.29, 1.82) is 0 Å². The zero-order valence-electron chi connectivity index (χ0n) is 15.9. The van der Waals surface area contributed by atoms with Crippen LogP contribution >= 0.6 is 11.3 Å². The first-order valence-electron chi connectivity index (χ1n) is 9.16. The molecule has 0 fully saturated rings. The van der Waals surface area contributed by atoms with E-state index in [1.807, 2.05) is 6.92 Å². The number of benzene rings is 1. The molecule has 1 aromatic heterocycles. The molecule has 0 radical (unpaired) electrons. The van der Waals surface area contributed by atoms with Crippen LogP contribution in [0.25, 0.3) is 0 Å². The normalized spacial score (nSPS) is 13.4. The number of nitrogens with two attached hydrogens (primary N) is 1. The zero-order chi connectivity index (χ0) is 20.8. The highest BCUT2D eigenvalue weighted by Crippen LogP contribution is 2.32. The van der Waals surface area contributed by atoms with Crippen molar-refractivity contribution in [1.82, 2.24) is 0 Å². The maximum absolute atomic E-state index is 12.4. The van der Waals surface area contributed by atoms with E-state index in [0.29, 0.717) is 41.9 Å². The molecule has 1 aromatic carbocycles. The van der Waals surface area contributed by atoms with Gasteiger partial charge in [-0.05, 0) is 30.5 Å². The maximum Gasteiger partial charge on any atom is 0.280 e. The van der Waals surface area contributed by atoms with E-state index in [2.05, 4.69) is 10.6 Å². The molecule has 0 saturated carbocycles. The zero-order valence-corrected chi connectivity index (χ0v) is 16.8. The van der Waals surface area contributed by atoms with E-state index in [4.69, 9.17) is 15.2 Å². The lowest BCUT2D eigenvalue weighted by molar-refractivity contribution is -0.881. The summed E-state index contributed by atoms with van der Waals surface area (Å²) in [5, 5.41) is 7.60. The van der Waals surface area contributed by atoms with Crippen LogP contribution in [0.3, 0.4) is 0 Å². The lowest BCUT2D eigenvalue weighted by Crippen LogP contribution is -3.13. The Morgan fingerprint density at radius 3 is 2.45 bits per heavy atom. The second kappa shape index (κ2) is 9.39. The maximum atomic E-state index is 12.4. The number of hydrogen-bond acceptors (Lipinski definition) is 6. The van der Waals surface area contributed by atoms with Gasteiger partial charge in [0.05, 0.1) is 12.1 Å². The molecule has 2 heterocycles. The number of anilines is 2. The third-order valence-corrected chi connectivity index (χ3v) is 5.16. The van der Waals surface area contributed by atoms with Gasteiger partial charge in [-0.15, -0.1) is 11.3 Å². The van der Waals surface area contributed by atoms with Gasteiger partial charge in [0.15, 0.2) is 24.6 Å². The van der Waals surface area contributed by atoms with Crippen molar-refractivity contribution in [2.75, 3.05) is 43.5 Å². The number of quaternary nitrogens is 1. The van der Waals surface area contributed by atoms with E-state index in [0.717, 1.165) is 4.90 Å². The molecule has 29 heavy (non-hydrogen) atoms. The molecule has 0 saturated heterocycles. The lowest BCUT2D eigenvalue weighted by atomic mass is 10.2. The predicted octanol–water partition coefficient (Wildman–Crippen LogP) is 0.100. The molecular formula is C19H23N4O5S+. The smallest absolute Gasteiger partial charge is 0.280 e. The van der Waals surface area contributed by atoms with Gasteiger partial charge in [0.1, 0.15) is 18.2 Å². The summed E-state index contributed by atoms with van der Waals surface area (Å²) in [4.78, 5) is 36.8. The standard InChI is InChI=1S/C19H22N4O5S/c1-2-23(11-17(25)22-19-13(18(20)26)5-8-29-19)10-16(24)21-12-3-4-14-15(9-12)28-7-6-27-14/h3-5,8-9H,2,6-7,10-11H2,1H3,(H2,20,26)(H,21,24)(H,22,25)/p+1. The monoisotopic (exact) mass is 419 g/mol. The largest absolute Gasteiger partial charge is 0.486 e. The number of amides is 3. The van der Waals surface area contributed by atoms with E-state index in [-0.39, 0.29) is 30.5 Å². The number of carbonyl (C=O) groups excluding carboxylic acids is 3. The summed E-state index contributed by atoms with van der Waals surface area (Å²) in [6, 6.07) is 6.77. The quantitative estimate of drug-likeness (QED) is 0.483. The number of primary amides is 1. The van der Waals surface area contributed by atoms with E-state index >= 15 is 0 Å². The molecule has 1 aliphatic heterocycles. The van der Waals surface area contributed by atoms with Crippen molar-refractivity contribution in [2.45, 2.75) is 6.92 Å². The summed E-state index contributed by atoms with van der Waals surface area (Å²) >= 11 is 1.22. The lowest BCUT2D eigenvalue weighted by Gasteiger charge is -2.19. The average molecular weight is 419 g/mol. The Morgan fingerprint density at radius 1 is 1.07 bits per heavy atom. The summed E-state index contributed by atoms with van der Waals surface area (Å²) in [5.41, 5.74) is 6.16. The number of likely N-dealkylation sites (N-methyl/N-ethyl adjacent to an activating group) is 1. The second-order valence-electron chi connectivity index (χ2n) is 6.44. The van der Waals surface area contributed by atoms with Crippen LogP contribution in [0.2, 0.25) is 0 Å². The van der Waals surface area contributed by atoms with E-state index < -0.39 is 5.91 Å². The summed E-state index contributed by atoms with van der Waals surface area (Å²) in [6.45, 7) is 3.64. The molecule has 9 nitrogen and oxygen atoms in total. The minimum absolute atomic E-state index is 0.0845. The molecule has 10 heteroatoms. The van der Waals surface area contributed by atoms with Crippen molar-refractivity contribution >= 4 is 39.7 Å². The first-order valence-corrected chi connectivity index (χ1v) is 10.0. The highest BCUT2D eigenvalue weighted by atomic mass is 32.1. The highest BCUT2D eigenvalue weighted by molar-refractivity contribution is 7.14. The van der Waals surface area contributed by atoms with Crippen LogP contribution in [-0.4, -0.2) is 50.6 Å². The van der Waals surface area contributed by atoms with Gasteiger partial charge >= 0.3 is 0 Å². The third-order valence-electron chi connectivity index (χ3n) is 4.33. The number of thiophene rings is 1. The molecule has 1 atom stereocenters. The van der Waals surface area contributed by atoms with Gasteiger partial charge < -0.3 is 30.7 Å². The second-order valence-corrected chi connectivity index (χ2v) is 7.36. The average Bonchev–Trinajstić information content (AvgIpc) is 3.15. The Hall–Kier alpha value is -3.11. The molecule has 154 valence electrons. The highest BCUT2D eigenvalue weighted by Gasteiger charge is 2.20. The van der Waals surface area contributed by atoms with Gasteiger partial charge in [-0.2, -0.15) is 0 Å². The molecule has 0 spiro atoms. The van der Waals surface area contributed by atoms with Gasteiger partial charge in [0.2, 0.25) is 0 Å². The Kier molecular flexibility index (Phi) is 6.68. The summed E-state index contributed by atoms with van der Waals surface area (Å²) in [7, 11) is 0. The Balaban J connectivity index is 1.53. The van der Waals surface area contributed by atoms with Gasteiger partial charge in [-0.25, -0.2) is 0 Å². The summed E-state index contributed by atoms with van der Waals surface area (Å²) in [6.07, 6.45) is 0. The fourth-order valence-corrected chi connectivity index (χ4v) is 3.67. The summed E-state index contributed by atoms with van der Waals surface area (Å²) in [5.74, 6) is 0.129. The van der Waals surface area contributed by atoms with Crippen LogP contribution in [0.4, 0.5) is 10.7 Å². The molecule has 1 aliphatic rings. The number of ether oxygens (including phenoxy) is 2. The van der Waals surface area contributed by atoms with Gasteiger partial charge in [0, 0.05) is 11.8 Å². The molecule has 0 bridgehead atoms. The first kappa shape index (κ1) is 20.6. The fourth-order valence-electron chi connectivity index (χ4n) is 2.86.